The van der Waals surface area contributed by atoms with Crippen LogP contribution in [0.25, 0.3) is 0 Å². The number of ether oxygens (including phenoxy) is 2. The monoisotopic (exact) mass is 477 g/mol. The molecule has 0 radical (unpaired) electrons. The number of hydrogen-bond donors (Lipinski definition) is 2. The van der Waals surface area contributed by atoms with Crippen molar-refractivity contribution in [1.29, 1.82) is 0 Å². The van der Waals surface area contributed by atoms with Gasteiger partial charge in [0.1, 0.15) is 0 Å². The minimum atomic E-state index is 0. The second-order valence-corrected chi connectivity index (χ2v) is 6.48. The van der Waals surface area contributed by atoms with Gasteiger partial charge in [0.2, 0.25) is 5.88 Å². The Morgan fingerprint density at radius 2 is 2.04 bits per heavy atom. The first-order valence-corrected chi connectivity index (χ1v) is 8.89. The SMILES string of the molecule is CN=C(NCc1ccc(OC)nc1)NCC(C(C)C)N1CCOCC1.I. The topological polar surface area (TPSA) is 71.0 Å². The summed E-state index contributed by atoms with van der Waals surface area (Å²) in [6, 6.07) is 4.32. The lowest BCUT2D eigenvalue weighted by Crippen LogP contribution is -2.52. The Morgan fingerprint density at radius 1 is 1.31 bits per heavy atom. The zero-order chi connectivity index (χ0) is 18.1. The number of nitrogens with one attached hydrogen (secondary N) is 2. The highest BCUT2D eigenvalue weighted by atomic mass is 127. The Morgan fingerprint density at radius 3 is 2.58 bits per heavy atom. The van der Waals surface area contributed by atoms with Crippen molar-refractivity contribution < 1.29 is 9.47 Å². The minimum absolute atomic E-state index is 0. The predicted octanol–water partition coefficient (Wildman–Crippen LogP) is 1.73. The molecule has 26 heavy (non-hydrogen) atoms. The Balaban J connectivity index is 0.00000338. The van der Waals surface area contributed by atoms with Gasteiger partial charge in [0, 0.05) is 51.5 Å². The van der Waals surface area contributed by atoms with E-state index in [2.05, 4.69) is 39.4 Å². The molecule has 0 spiro atoms. The van der Waals surface area contributed by atoms with Gasteiger partial charge in [-0.15, -0.1) is 24.0 Å². The zero-order valence-electron chi connectivity index (χ0n) is 16.2. The second-order valence-electron chi connectivity index (χ2n) is 6.48. The van der Waals surface area contributed by atoms with Crippen molar-refractivity contribution in [3.05, 3.63) is 23.9 Å². The predicted molar refractivity (Wildman–Crippen MR) is 115 cm³/mol. The molecule has 0 aromatic carbocycles. The number of halogens is 1. The van der Waals surface area contributed by atoms with Crippen LogP contribution in [0.4, 0.5) is 0 Å². The lowest BCUT2D eigenvalue weighted by molar-refractivity contribution is 0.00752. The Labute approximate surface area is 174 Å². The zero-order valence-corrected chi connectivity index (χ0v) is 18.5. The number of methoxy groups -OCH3 is 1. The van der Waals surface area contributed by atoms with Crippen LogP contribution in [0, 0.1) is 5.92 Å². The van der Waals surface area contributed by atoms with Gasteiger partial charge in [-0.25, -0.2) is 4.98 Å². The number of pyridine rings is 1. The molecule has 0 amide bonds. The van der Waals surface area contributed by atoms with E-state index in [1.807, 2.05) is 18.3 Å². The molecule has 0 saturated carbocycles. The fraction of sp³-hybridized carbons (Fsp3) is 0.667. The number of rotatable bonds is 7. The van der Waals surface area contributed by atoms with Gasteiger partial charge in [0.15, 0.2) is 5.96 Å². The van der Waals surface area contributed by atoms with Crippen LogP contribution < -0.4 is 15.4 Å². The van der Waals surface area contributed by atoms with Crippen molar-refractivity contribution >= 4 is 29.9 Å². The van der Waals surface area contributed by atoms with Crippen LogP contribution in [-0.2, 0) is 11.3 Å². The highest BCUT2D eigenvalue weighted by Crippen LogP contribution is 2.12. The Hall–Kier alpha value is -1.13. The summed E-state index contributed by atoms with van der Waals surface area (Å²) in [5, 5.41) is 6.79. The number of nitrogens with zero attached hydrogens (tertiary/aromatic N) is 3. The molecule has 2 rings (SSSR count). The van der Waals surface area contributed by atoms with Crippen LogP contribution in [-0.4, -0.2) is 68.9 Å². The molecule has 1 aromatic heterocycles. The lowest BCUT2D eigenvalue weighted by atomic mass is 10.0. The van der Waals surface area contributed by atoms with Crippen LogP contribution in [0.5, 0.6) is 5.88 Å². The summed E-state index contributed by atoms with van der Waals surface area (Å²) in [5.41, 5.74) is 1.08. The van der Waals surface area contributed by atoms with Crippen molar-refractivity contribution in [2.24, 2.45) is 10.9 Å². The van der Waals surface area contributed by atoms with Crippen molar-refractivity contribution in [2.75, 3.05) is 47.0 Å². The summed E-state index contributed by atoms with van der Waals surface area (Å²) in [4.78, 5) is 11.0. The molecule has 148 valence electrons. The third kappa shape index (κ3) is 7.24. The average molecular weight is 477 g/mol. The fourth-order valence-corrected chi connectivity index (χ4v) is 2.94. The van der Waals surface area contributed by atoms with Crippen molar-refractivity contribution in [3.63, 3.8) is 0 Å². The smallest absolute Gasteiger partial charge is 0.212 e. The average Bonchev–Trinajstić information content (AvgIpc) is 2.65. The molecule has 1 aliphatic rings. The summed E-state index contributed by atoms with van der Waals surface area (Å²) >= 11 is 0. The van der Waals surface area contributed by atoms with Crippen LogP contribution in [0.15, 0.2) is 23.3 Å². The van der Waals surface area contributed by atoms with Gasteiger partial charge in [-0.1, -0.05) is 19.9 Å². The quantitative estimate of drug-likeness (QED) is 0.354. The first-order chi connectivity index (χ1) is 12.1. The van der Waals surface area contributed by atoms with Crippen LogP contribution in [0.1, 0.15) is 19.4 Å². The number of guanidine groups is 1. The Kier molecular flexibility index (Phi) is 10.8. The van der Waals surface area contributed by atoms with Crippen LogP contribution >= 0.6 is 24.0 Å². The van der Waals surface area contributed by atoms with E-state index >= 15 is 0 Å². The van der Waals surface area contributed by atoms with Crippen molar-refractivity contribution in [3.8, 4) is 5.88 Å². The largest absolute Gasteiger partial charge is 0.481 e. The number of aliphatic imine (C=N–C) groups is 1. The van der Waals surface area contributed by atoms with E-state index in [0.717, 1.165) is 44.4 Å². The minimum Gasteiger partial charge on any atom is -0.481 e. The molecule has 1 atom stereocenters. The summed E-state index contributed by atoms with van der Waals surface area (Å²) < 4.78 is 10.5. The van der Waals surface area contributed by atoms with E-state index in [1.165, 1.54) is 0 Å². The summed E-state index contributed by atoms with van der Waals surface area (Å²) in [6.07, 6.45) is 1.81. The van der Waals surface area contributed by atoms with E-state index in [-0.39, 0.29) is 24.0 Å². The molecule has 1 saturated heterocycles. The van der Waals surface area contributed by atoms with Gasteiger partial charge < -0.3 is 20.1 Å². The molecule has 0 bridgehead atoms. The summed E-state index contributed by atoms with van der Waals surface area (Å²) in [7, 11) is 3.41. The normalized spacial score (nSPS) is 16.7. The van der Waals surface area contributed by atoms with E-state index < -0.39 is 0 Å². The number of aromatic nitrogens is 1. The molecule has 0 aliphatic carbocycles. The standard InChI is InChI=1S/C18H31N5O2.HI/c1-14(2)16(23-7-9-25-10-8-23)13-22-18(19-3)21-12-15-5-6-17(24-4)20-11-15;/h5-6,11,14,16H,7-10,12-13H2,1-4H3,(H2,19,21,22);1H. The molecule has 2 heterocycles. The maximum absolute atomic E-state index is 5.47. The molecule has 8 heteroatoms. The molecule has 1 aliphatic heterocycles. The molecule has 1 unspecified atom stereocenters. The lowest BCUT2D eigenvalue weighted by Gasteiger charge is -2.37. The summed E-state index contributed by atoms with van der Waals surface area (Å²) in [6.45, 7) is 9.68. The van der Waals surface area contributed by atoms with Gasteiger partial charge in [0.05, 0.1) is 20.3 Å². The van der Waals surface area contributed by atoms with Gasteiger partial charge in [-0.3, -0.25) is 9.89 Å². The fourth-order valence-electron chi connectivity index (χ4n) is 2.94. The number of hydrogen-bond acceptors (Lipinski definition) is 5. The maximum atomic E-state index is 5.47. The highest BCUT2D eigenvalue weighted by Gasteiger charge is 2.23. The first-order valence-electron chi connectivity index (χ1n) is 8.89. The number of morpholine rings is 1. The second kappa shape index (κ2) is 12.3. The third-order valence-electron chi connectivity index (χ3n) is 4.45. The van der Waals surface area contributed by atoms with Crippen molar-refractivity contribution in [2.45, 2.75) is 26.4 Å². The van der Waals surface area contributed by atoms with E-state index in [1.54, 1.807) is 14.2 Å². The van der Waals surface area contributed by atoms with E-state index in [9.17, 15) is 0 Å². The molecule has 2 N–H and O–H groups in total. The molecule has 1 aromatic rings. The summed E-state index contributed by atoms with van der Waals surface area (Å²) in [5.74, 6) is 1.99. The Bertz CT molecular complexity index is 533. The molecular formula is C18H32IN5O2. The first kappa shape index (κ1) is 22.9. The maximum Gasteiger partial charge on any atom is 0.212 e. The van der Waals surface area contributed by atoms with E-state index in [0.29, 0.717) is 24.4 Å². The highest BCUT2D eigenvalue weighted by molar-refractivity contribution is 14.0. The molecule has 1 fully saturated rings. The van der Waals surface area contributed by atoms with Crippen LogP contribution in [0.3, 0.4) is 0 Å². The van der Waals surface area contributed by atoms with Gasteiger partial charge in [-0.2, -0.15) is 0 Å². The van der Waals surface area contributed by atoms with Gasteiger partial charge in [0.25, 0.3) is 0 Å². The van der Waals surface area contributed by atoms with Crippen LogP contribution in [0.2, 0.25) is 0 Å². The van der Waals surface area contributed by atoms with Crippen molar-refractivity contribution in [1.82, 2.24) is 20.5 Å². The molecule has 7 nitrogen and oxygen atoms in total. The third-order valence-corrected chi connectivity index (χ3v) is 4.45. The van der Waals surface area contributed by atoms with Gasteiger partial charge in [-0.05, 0) is 11.5 Å². The van der Waals surface area contributed by atoms with Gasteiger partial charge >= 0.3 is 0 Å². The molecular weight excluding hydrogens is 445 g/mol. The van der Waals surface area contributed by atoms with E-state index in [4.69, 9.17) is 9.47 Å².